The van der Waals surface area contributed by atoms with Crippen LogP contribution in [-0.4, -0.2) is 41.4 Å². The number of fused-ring (bicyclic) bond motifs is 2. The average Bonchev–Trinajstić information content (AvgIpc) is 2.81. The summed E-state index contributed by atoms with van der Waals surface area (Å²) in [6, 6.07) is 0.436. The highest BCUT2D eigenvalue weighted by atomic mass is 16.8. The van der Waals surface area contributed by atoms with Gasteiger partial charge in [0, 0.05) is 13.0 Å². The number of aliphatic hydroxyl groups is 1. The maximum atomic E-state index is 10.3. The van der Waals surface area contributed by atoms with Gasteiger partial charge < -0.3 is 14.6 Å². The summed E-state index contributed by atoms with van der Waals surface area (Å²) in [5, 5.41) is 10.3. The van der Waals surface area contributed by atoms with Crippen molar-refractivity contribution in [3.05, 3.63) is 0 Å². The van der Waals surface area contributed by atoms with Crippen LogP contribution in [0, 0.1) is 5.92 Å². The van der Waals surface area contributed by atoms with Crippen molar-refractivity contribution in [3.63, 3.8) is 0 Å². The van der Waals surface area contributed by atoms with Crippen molar-refractivity contribution in [2.45, 2.75) is 57.2 Å². The Morgan fingerprint density at radius 3 is 2.56 bits per heavy atom. The maximum Gasteiger partial charge on any atom is 0.229 e. The molecule has 0 unspecified atom stereocenters. The molecule has 2 heterocycles. The summed E-state index contributed by atoms with van der Waals surface area (Å²) in [6.45, 7) is 3.22. The van der Waals surface area contributed by atoms with Gasteiger partial charge in [-0.15, -0.1) is 0 Å². The fraction of sp³-hybridized carbons (Fsp3) is 1.00. The van der Waals surface area contributed by atoms with Crippen LogP contribution in [0.1, 0.15) is 39.0 Å². The van der Waals surface area contributed by atoms with Crippen molar-refractivity contribution in [1.82, 2.24) is 4.90 Å². The lowest BCUT2D eigenvalue weighted by molar-refractivity contribution is -0.293. The van der Waals surface area contributed by atoms with Crippen molar-refractivity contribution in [2.75, 3.05) is 13.2 Å². The van der Waals surface area contributed by atoms with Gasteiger partial charge in [0.05, 0.1) is 13.2 Å². The first kappa shape index (κ1) is 11.0. The van der Waals surface area contributed by atoms with Gasteiger partial charge in [0.25, 0.3) is 0 Å². The third-order valence-electron chi connectivity index (χ3n) is 4.35. The molecule has 4 heteroatoms. The molecule has 3 aliphatic rings. The lowest BCUT2D eigenvalue weighted by atomic mass is 10.0. The number of aliphatic hydroxyl groups excluding tert-OH is 1. The van der Waals surface area contributed by atoms with Gasteiger partial charge in [0.15, 0.2) is 0 Å². The Balaban J connectivity index is 1.84. The molecule has 2 aliphatic heterocycles. The Hall–Kier alpha value is -0.160. The van der Waals surface area contributed by atoms with E-state index in [2.05, 4.69) is 4.90 Å². The van der Waals surface area contributed by atoms with Crippen molar-refractivity contribution in [3.8, 4) is 0 Å². The lowest BCUT2D eigenvalue weighted by Crippen LogP contribution is -2.56. The van der Waals surface area contributed by atoms with Gasteiger partial charge in [0.1, 0.15) is 6.23 Å². The molecule has 0 aromatic rings. The molecule has 2 saturated heterocycles. The fourth-order valence-corrected chi connectivity index (χ4v) is 3.59. The van der Waals surface area contributed by atoms with E-state index < -0.39 is 12.1 Å². The molecule has 1 aliphatic carbocycles. The van der Waals surface area contributed by atoms with Crippen LogP contribution in [-0.2, 0) is 9.47 Å². The van der Waals surface area contributed by atoms with Gasteiger partial charge in [-0.2, -0.15) is 0 Å². The number of nitrogens with zero attached hydrogens (tertiary/aromatic N) is 1. The molecule has 3 rings (SSSR count). The van der Waals surface area contributed by atoms with Gasteiger partial charge in [-0.05, 0) is 38.0 Å². The summed E-state index contributed by atoms with van der Waals surface area (Å²) >= 11 is 0. The number of ether oxygens (including phenoxy) is 2. The monoisotopic (exact) mass is 227 g/mol. The van der Waals surface area contributed by atoms with E-state index in [1.807, 2.05) is 6.92 Å². The molecule has 92 valence electrons. The van der Waals surface area contributed by atoms with E-state index in [4.69, 9.17) is 9.47 Å². The van der Waals surface area contributed by atoms with Crippen LogP contribution in [0.4, 0.5) is 0 Å². The minimum atomic E-state index is -0.691. The molecule has 1 N–H and O–H groups in total. The van der Waals surface area contributed by atoms with E-state index >= 15 is 0 Å². The van der Waals surface area contributed by atoms with Crippen LogP contribution in [0.5, 0.6) is 0 Å². The number of hydrogen-bond donors (Lipinski definition) is 1. The number of likely N-dealkylation sites (tertiary alicyclic amines) is 1. The first-order chi connectivity index (χ1) is 7.69. The highest BCUT2D eigenvalue weighted by molar-refractivity contribution is 4.91. The lowest BCUT2D eigenvalue weighted by Gasteiger charge is -2.42. The molecule has 0 aromatic carbocycles. The van der Waals surface area contributed by atoms with Gasteiger partial charge in [-0.1, -0.05) is 0 Å². The second kappa shape index (κ2) is 3.95. The van der Waals surface area contributed by atoms with Crippen LogP contribution in [0.3, 0.4) is 0 Å². The van der Waals surface area contributed by atoms with Crippen molar-refractivity contribution < 1.29 is 14.6 Å². The quantitative estimate of drug-likeness (QED) is 0.733. The summed E-state index contributed by atoms with van der Waals surface area (Å²) in [4.78, 5) is 2.08. The van der Waals surface area contributed by atoms with Crippen molar-refractivity contribution in [1.29, 1.82) is 0 Å². The Morgan fingerprint density at radius 2 is 1.81 bits per heavy atom. The first-order valence-corrected chi connectivity index (χ1v) is 6.43. The average molecular weight is 227 g/mol. The zero-order valence-electron chi connectivity index (χ0n) is 9.89. The SMILES string of the molecule is CC1(N2[C@H]3CC[C@H](CC[C@@H]2O)C3)OCCO1. The summed E-state index contributed by atoms with van der Waals surface area (Å²) in [5.74, 6) is 0.109. The molecular weight excluding hydrogens is 206 g/mol. The second-order valence-corrected chi connectivity index (χ2v) is 5.39. The van der Waals surface area contributed by atoms with E-state index in [0.717, 1.165) is 18.8 Å². The van der Waals surface area contributed by atoms with Crippen LogP contribution in [0.2, 0.25) is 0 Å². The molecule has 0 amide bonds. The zero-order valence-corrected chi connectivity index (χ0v) is 9.89. The minimum Gasteiger partial charge on any atom is -0.378 e. The molecule has 3 atom stereocenters. The first-order valence-electron chi connectivity index (χ1n) is 6.43. The van der Waals surface area contributed by atoms with Crippen LogP contribution in [0.15, 0.2) is 0 Å². The predicted molar refractivity (Wildman–Crippen MR) is 58.5 cm³/mol. The molecule has 2 bridgehead atoms. The number of hydrogen-bond acceptors (Lipinski definition) is 4. The standard InChI is InChI=1S/C12H21NO3/c1-12(15-6-7-16-12)13-10-4-2-9(8-10)3-5-11(13)14/h9-11,14H,2-8H2,1H3/t9-,10+,11+/m1/s1. The third kappa shape index (κ3) is 1.68. The summed E-state index contributed by atoms with van der Waals surface area (Å²) in [7, 11) is 0. The van der Waals surface area contributed by atoms with Crippen LogP contribution >= 0.6 is 0 Å². The highest BCUT2D eigenvalue weighted by Gasteiger charge is 2.48. The fourth-order valence-electron chi connectivity index (χ4n) is 3.59. The van der Waals surface area contributed by atoms with E-state index in [1.165, 1.54) is 19.3 Å². The summed E-state index contributed by atoms with van der Waals surface area (Å²) < 4.78 is 11.4. The number of rotatable bonds is 1. The highest BCUT2D eigenvalue weighted by Crippen LogP contribution is 2.42. The minimum absolute atomic E-state index is 0.404. The molecule has 3 fully saturated rings. The van der Waals surface area contributed by atoms with E-state index in [9.17, 15) is 5.11 Å². The predicted octanol–water partition coefficient (Wildman–Crippen LogP) is 1.29. The molecule has 0 spiro atoms. The van der Waals surface area contributed by atoms with E-state index in [0.29, 0.717) is 19.3 Å². The second-order valence-electron chi connectivity index (χ2n) is 5.39. The Morgan fingerprint density at radius 1 is 1.12 bits per heavy atom. The smallest absolute Gasteiger partial charge is 0.229 e. The van der Waals surface area contributed by atoms with Gasteiger partial charge in [-0.25, -0.2) is 4.90 Å². The van der Waals surface area contributed by atoms with Gasteiger partial charge >= 0.3 is 0 Å². The van der Waals surface area contributed by atoms with Crippen LogP contribution < -0.4 is 0 Å². The molecule has 1 saturated carbocycles. The Labute approximate surface area is 96.5 Å². The van der Waals surface area contributed by atoms with Crippen molar-refractivity contribution >= 4 is 0 Å². The molecule has 0 aromatic heterocycles. The summed E-state index contributed by atoms with van der Waals surface area (Å²) in [5.41, 5.74) is 0. The van der Waals surface area contributed by atoms with Crippen molar-refractivity contribution in [2.24, 2.45) is 5.92 Å². The van der Waals surface area contributed by atoms with Gasteiger partial charge in [-0.3, -0.25) is 0 Å². The topological polar surface area (TPSA) is 41.9 Å². The third-order valence-corrected chi connectivity index (χ3v) is 4.35. The zero-order chi connectivity index (χ0) is 11.2. The molecular formula is C12H21NO3. The Kier molecular flexibility index (Phi) is 2.70. The maximum absolute atomic E-state index is 10.3. The molecule has 0 radical (unpaired) electrons. The van der Waals surface area contributed by atoms with E-state index in [1.54, 1.807) is 0 Å². The molecule has 4 nitrogen and oxygen atoms in total. The van der Waals surface area contributed by atoms with Crippen LogP contribution in [0.25, 0.3) is 0 Å². The van der Waals surface area contributed by atoms with E-state index in [-0.39, 0.29) is 0 Å². The normalized spacial score (nSPS) is 43.5. The largest absolute Gasteiger partial charge is 0.378 e. The van der Waals surface area contributed by atoms with Gasteiger partial charge in [0.2, 0.25) is 5.91 Å². The Bertz CT molecular complexity index is 265. The molecule has 16 heavy (non-hydrogen) atoms. The summed E-state index contributed by atoms with van der Waals surface area (Å²) in [6.07, 6.45) is 5.25.